The van der Waals surface area contributed by atoms with Gasteiger partial charge in [0, 0.05) is 38.8 Å². The van der Waals surface area contributed by atoms with Crippen LogP contribution in [0.1, 0.15) is 36.8 Å². The fraction of sp³-hybridized carbons (Fsp3) is 0.444. The fourth-order valence-corrected chi connectivity index (χ4v) is 4.96. The number of halogens is 4. The molecule has 2 aliphatic heterocycles. The third-order valence-corrected chi connectivity index (χ3v) is 7.48. The van der Waals surface area contributed by atoms with Crippen LogP contribution in [0.15, 0.2) is 42.5 Å². The molecule has 2 aliphatic rings. The highest BCUT2D eigenvalue weighted by Crippen LogP contribution is 2.34. The molecule has 1 unspecified atom stereocenters. The zero-order chi connectivity index (χ0) is 26.8. The molecule has 3 N–H and O–H groups in total. The van der Waals surface area contributed by atoms with E-state index >= 15 is 0 Å². The van der Waals surface area contributed by atoms with Crippen molar-refractivity contribution >= 4 is 12.0 Å². The van der Waals surface area contributed by atoms with Gasteiger partial charge < -0.3 is 25.1 Å². The van der Waals surface area contributed by atoms with Gasteiger partial charge in [0.25, 0.3) is 0 Å². The maximum atomic E-state index is 13.4. The first-order valence-corrected chi connectivity index (χ1v) is 12.2. The minimum absolute atomic E-state index is 0.00143. The van der Waals surface area contributed by atoms with Crippen molar-refractivity contribution in [2.24, 2.45) is 0 Å². The lowest BCUT2D eigenvalue weighted by atomic mass is 9.83. The summed E-state index contributed by atoms with van der Waals surface area (Å²) in [5, 5.41) is 32.8. The number of hydrogen-bond acceptors (Lipinski definition) is 5. The van der Waals surface area contributed by atoms with E-state index in [1.54, 1.807) is 12.1 Å². The Hall–Kier alpha value is -2.79. The summed E-state index contributed by atoms with van der Waals surface area (Å²) in [4.78, 5) is 15.9. The molecule has 1 atom stereocenters. The number of hydrogen-bond donors (Lipinski definition) is 3. The van der Waals surface area contributed by atoms with Gasteiger partial charge in [-0.25, -0.2) is 17.6 Å². The van der Waals surface area contributed by atoms with Crippen molar-refractivity contribution < 1.29 is 37.7 Å². The Labute approximate surface area is 212 Å². The number of rotatable bonds is 6. The monoisotopic (exact) mass is 522 g/mol. The molecule has 2 aromatic carbocycles. The highest BCUT2D eigenvalue weighted by Gasteiger charge is 2.42. The van der Waals surface area contributed by atoms with Gasteiger partial charge in [-0.1, -0.05) is 12.1 Å². The van der Waals surface area contributed by atoms with Crippen LogP contribution in [0.25, 0.3) is 6.08 Å². The second-order valence-corrected chi connectivity index (χ2v) is 9.92. The van der Waals surface area contributed by atoms with Crippen LogP contribution in [0.5, 0.6) is 0 Å². The van der Waals surface area contributed by atoms with Gasteiger partial charge in [0.05, 0.1) is 17.3 Å². The number of nitrogens with zero attached hydrogens (tertiary/aromatic N) is 2. The molecule has 0 spiro atoms. The molecule has 1 amide bonds. The van der Waals surface area contributed by atoms with Crippen LogP contribution in [-0.2, 0) is 10.4 Å². The number of piperidine rings is 2. The molecule has 0 aromatic heterocycles. The van der Waals surface area contributed by atoms with Crippen LogP contribution >= 0.6 is 0 Å². The van der Waals surface area contributed by atoms with Crippen LogP contribution < -0.4 is 0 Å². The van der Waals surface area contributed by atoms with Crippen LogP contribution in [0.3, 0.4) is 0 Å². The Morgan fingerprint density at radius 1 is 0.919 bits per heavy atom. The van der Waals surface area contributed by atoms with Gasteiger partial charge in [-0.2, -0.15) is 0 Å². The number of amides is 1. The summed E-state index contributed by atoms with van der Waals surface area (Å²) in [6.45, 7) is 1.52. The average Bonchev–Trinajstić information content (AvgIpc) is 2.88. The summed E-state index contributed by atoms with van der Waals surface area (Å²) in [6.07, 6.45) is 2.33. The third-order valence-electron chi connectivity index (χ3n) is 7.48. The van der Waals surface area contributed by atoms with Crippen LogP contribution in [0, 0.1) is 23.3 Å². The SMILES string of the molecule is O=C(/C=C/c1cc(F)c(F)c(F)c1)N1CCC(O)(C(O)CN2CCC(O)(c3ccc(F)cc3)CC2)CC1. The van der Waals surface area contributed by atoms with Gasteiger partial charge in [-0.15, -0.1) is 0 Å². The number of β-amino-alcohol motifs (C(OH)–C–C–N with tert-alkyl or cyclic N) is 1. The Kier molecular flexibility index (Phi) is 8.03. The first kappa shape index (κ1) is 27.3. The first-order chi connectivity index (χ1) is 17.5. The summed E-state index contributed by atoms with van der Waals surface area (Å²) in [5.74, 6) is -5.08. The predicted octanol–water partition coefficient (Wildman–Crippen LogP) is 2.95. The Balaban J connectivity index is 1.27. The van der Waals surface area contributed by atoms with Crippen LogP contribution in [0.4, 0.5) is 17.6 Å². The van der Waals surface area contributed by atoms with Crippen molar-refractivity contribution in [1.29, 1.82) is 0 Å². The molecule has 2 saturated heterocycles. The maximum Gasteiger partial charge on any atom is 0.246 e. The lowest BCUT2D eigenvalue weighted by Crippen LogP contribution is -2.56. The number of carbonyl (C=O) groups is 1. The summed E-state index contributed by atoms with van der Waals surface area (Å²) >= 11 is 0. The van der Waals surface area contributed by atoms with Crippen molar-refractivity contribution in [3.63, 3.8) is 0 Å². The van der Waals surface area contributed by atoms with Crippen molar-refractivity contribution in [1.82, 2.24) is 9.80 Å². The molecule has 0 radical (unpaired) electrons. The van der Waals surface area contributed by atoms with E-state index in [0.29, 0.717) is 31.5 Å². The molecule has 2 aromatic rings. The van der Waals surface area contributed by atoms with Crippen molar-refractivity contribution in [3.8, 4) is 0 Å². The lowest BCUT2D eigenvalue weighted by molar-refractivity contribution is -0.141. The minimum atomic E-state index is -1.58. The number of benzene rings is 2. The van der Waals surface area contributed by atoms with E-state index in [9.17, 15) is 37.7 Å². The lowest BCUT2D eigenvalue weighted by Gasteiger charge is -2.44. The Morgan fingerprint density at radius 2 is 1.49 bits per heavy atom. The van der Waals surface area contributed by atoms with E-state index in [0.717, 1.165) is 18.2 Å². The predicted molar refractivity (Wildman–Crippen MR) is 128 cm³/mol. The summed E-state index contributed by atoms with van der Waals surface area (Å²) in [6, 6.07) is 7.35. The molecule has 6 nitrogen and oxygen atoms in total. The standard InChI is InChI=1S/C27H30F4N2O4/c28-20-4-2-19(3-5-20)26(36)7-11-32(12-8-26)17-23(34)27(37)9-13-33(14-10-27)24(35)6-1-18-15-21(29)25(31)22(30)16-18/h1-6,15-16,23,34,36-37H,7-14,17H2/b6-1+. The molecule has 37 heavy (non-hydrogen) atoms. The summed E-state index contributed by atoms with van der Waals surface area (Å²) in [7, 11) is 0. The number of aliphatic hydroxyl groups is 3. The third kappa shape index (κ3) is 6.20. The second-order valence-electron chi connectivity index (χ2n) is 9.92. The van der Waals surface area contributed by atoms with E-state index in [2.05, 4.69) is 0 Å². The zero-order valence-corrected chi connectivity index (χ0v) is 20.2. The fourth-order valence-electron chi connectivity index (χ4n) is 4.96. The van der Waals surface area contributed by atoms with E-state index < -0.39 is 40.7 Å². The van der Waals surface area contributed by atoms with Crippen molar-refractivity contribution in [2.45, 2.75) is 43.0 Å². The van der Waals surface area contributed by atoms with Gasteiger partial charge in [-0.3, -0.25) is 4.79 Å². The molecule has 4 rings (SSSR count). The van der Waals surface area contributed by atoms with Gasteiger partial charge in [-0.05, 0) is 67.2 Å². The van der Waals surface area contributed by atoms with Gasteiger partial charge in [0.2, 0.25) is 5.91 Å². The molecule has 2 fully saturated rings. The largest absolute Gasteiger partial charge is 0.389 e. The number of likely N-dealkylation sites (tertiary alicyclic amines) is 2. The average molecular weight is 523 g/mol. The quantitative estimate of drug-likeness (QED) is 0.309. The molecule has 2 heterocycles. The van der Waals surface area contributed by atoms with Crippen LogP contribution in [0.2, 0.25) is 0 Å². The maximum absolute atomic E-state index is 13.4. The summed E-state index contributed by atoms with van der Waals surface area (Å²) < 4.78 is 53.0. The van der Waals surface area contributed by atoms with Crippen molar-refractivity contribution in [2.75, 3.05) is 32.7 Å². The smallest absolute Gasteiger partial charge is 0.246 e. The zero-order valence-electron chi connectivity index (χ0n) is 20.2. The summed E-state index contributed by atoms with van der Waals surface area (Å²) in [5.41, 5.74) is -1.82. The molecule has 0 bridgehead atoms. The van der Waals surface area contributed by atoms with Gasteiger partial charge >= 0.3 is 0 Å². The number of aliphatic hydroxyl groups excluding tert-OH is 1. The topological polar surface area (TPSA) is 84.2 Å². The van der Waals surface area contributed by atoms with E-state index in [-0.39, 0.29) is 43.9 Å². The molecule has 0 aliphatic carbocycles. The second kappa shape index (κ2) is 10.9. The Morgan fingerprint density at radius 3 is 2.05 bits per heavy atom. The van der Waals surface area contributed by atoms with E-state index in [1.807, 2.05) is 4.90 Å². The molecular weight excluding hydrogens is 492 g/mol. The molecule has 10 heteroatoms. The highest BCUT2D eigenvalue weighted by atomic mass is 19.2. The normalized spacial score (nSPS) is 20.8. The molecular formula is C27H30F4N2O4. The number of carbonyl (C=O) groups excluding carboxylic acids is 1. The first-order valence-electron chi connectivity index (χ1n) is 12.2. The van der Waals surface area contributed by atoms with E-state index in [4.69, 9.17) is 0 Å². The van der Waals surface area contributed by atoms with Gasteiger partial charge in [0.15, 0.2) is 17.5 Å². The van der Waals surface area contributed by atoms with Gasteiger partial charge in [0.1, 0.15) is 5.82 Å². The van der Waals surface area contributed by atoms with E-state index in [1.165, 1.54) is 23.1 Å². The molecule has 0 saturated carbocycles. The minimum Gasteiger partial charge on any atom is -0.389 e. The Bertz CT molecular complexity index is 1120. The van der Waals surface area contributed by atoms with Crippen molar-refractivity contribution in [3.05, 3.63) is 76.9 Å². The van der Waals surface area contributed by atoms with Crippen LogP contribution in [-0.4, -0.2) is 75.5 Å². The highest BCUT2D eigenvalue weighted by molar-refractivity contribution is 5.91. The molecule has 200 valence electrons.